The molecule has 2 aromatic carbocycles. The van der Waals surface area contributed by atoms with Crippen molar-refractivity contribution in [2.45, 2.75) is 5.92 Å². The maximum atomic E-state index is 5.84. The molecule has 2 aromatic rings. The van der Waals surface area contributed by atoms with Crippen molar-refractivity contribution in [2.24, 2.45) is 0 Å². The number of rotatable bonds is 4. The molecule has 1 aliphatic heterocycles. The SMILES string of the molecule is CNc1ccc(OCC2COc3ccccc32)cc1. The smallest absolute Gasteiger partial charge is 0.123 e. The van der Waals surface area contributed by atoms with Gasteiger partial charge in [0.2, 0.25) is 0 Å². The second-order valence-corrected chi connectivity index (χ2v) is 4.63. The Labute approximate surface area is 113 Å². The molecule has 0 saturated heterocycles. The number of nitrogens with one attached hydrogen (secondary N) is 1. The summed E-state index contributed by atoms with van der Waals surface area (Å²) in [7, 11) is 1.91. The highest BCUT2D eigenvalue weighted by molar-refractivity contribution is 5.45. The molecule has 3 heteroatoms. The Bertz CT molecular complexity index is 551. The van der Waals surface area contributed by atoms with Crippen LogP contribution in [0.4, 0.5) is 5.69 Å². The minimum atomic E-state index is 0.320. The monoisotopic (exact) mass is 255 g/mol. The normalized spacial score (nSPS) is 16.6. The number of anilines is 1. The highest BCUT2D eigenvalue weighted by Crippen LogP contribution is 2.33. The summed E-state index contributed by atoms with van der Waals surface area (Å²) in [6.45, 7) is 1.35. The van der Waals surface area contributed by atoms with Crippen LogP contribution in [0.15, 0.2) is 48.5 Å². The van der Waals surface area contributed by atoms with Crippen molar-refractivity contribution < 1.29 is 9.47 Å². The Morgan fingerprint density at radius 3 is 2.74 bits per heavy atom. The first kappa shape index (κ1) is 11.9. The summed E-state index contributed by atoms with van der Waals surface area (Å²) < 4.78 is 11.5. The summed E-state index contributed by atoms with van der Waals surface area (Å²) in [6, 6.07) is 16.1. The first-order chi connectivity index (χ1) is 9.36. The van der Waals surface area contributed by atoms with Gasteiger partial charge in [-0.1, -0.05) is 18.2 Å². The molecule has 1 unspecified atom stereocenters. The molecule has 0 fully saturated rings. The molecule has 0 aliphatic carbocycles. The average Bonchev–Trinajstić information content (AvgIpc) is 2.89. The van der Waals surface area contributed by atoms with Gasteiger partial charge < -0.3 is 14.8 Å². The van der Waals surface area contributed by atoms with Crippen molar-refractivity contribution in [2.75, 3.05) is 25.6 Å². The third-order valence-corrected chi connectivity index (χ3v) is 3.39. The molecule has 3 nitrogen and oxygen atoms in total. The molecule has 19 heavy (non-hydrogen) atoms. The van der Waals surface area contributed by atoms with E-state index in [4.69, 9.17) is 9.47 Å². The van der Waals surface area contributed by atoms with E-state index in [0.717, 1.165) is 17.2 Å². The number of benzene rings is 2. The topological polar surface area (TPSA) is 30.5 Å². The van der Waals surface area contributed by atoms with E-state index in [1.165, 1.54) is 5.56 Å². The van der Waals surface area contributed by atoms with Gasteiger partial charge in [0.05, 0.1) is 19.1 Å². The Morgan fingerprint density at radius 1 is 1.16 bits per heavy atom. The van der Waals surface area contributed by atoms with Crippen LogP contribution >= 0.6 is 0 Å². The fourth-order valence-corrected chi connectivity index (χ4v) is 2.28. The first-order valence-electron chi connectivity index (χ1n) is 6.49. The van der Waals surface area contributed by atoms with Gasteiger partial charge in [-0.2, -0.15) is 0 Å². The fourth-order valence-electron chi connectivity index (χ4n) is 2.28. The Morgan fingerprint density at radius 2 is 1.95 bits per heavy atom. The molecular formula is C16H17NO2. The van der Waals surface area contributed by atoms with E-state index < -0.39 is 0 Å². The summed E-state index contributed by atoms with van der Waals surface area (Å²) >= 11 is 0. The van der Waals surface area contributed by atoms with Gasteiger partial charge in [0.1, 0.15) is 11.5 Å². The molecule has 0 radical (unpaired) electrons. The van der Waals surface area contributed by atoms with E-state index in [2.05, 4.69) is 11.4 Å². The van der Waals surface area contributed by atoms with Gasteiger partial charge in [-0.25, -0.2) is 0 Å². The van der Waals surface area contributed by atoms with Crippen LogP contribution in [0.2, 0.25) is 0 Å². The first-order valence-corrected chi connectivity index (χ1v) is 6.49. The van der Waals surface area contributed by atoms with Gasteiger partial charge >= 0.3 is 0 Å². The number of fused-ring (bicyclic) bond motifs is 1. The highest BCUT2D eigenvalue weighted by atomic mass is 16.5. The van der Waals surface area contributed by atoms with Gasteiger partial charge in [0.15, 0.2) is 0 Å². The van der Waals surface area contributed by atoms with Crippen molar-refractivity contribution in [1.29, 1.82) is 0 Å². The van der Waals surface area contributed by atoms with Crippen LogP contribution in [0.5, 0.6) is 11.5 Å². The van der Waals surface area contributed by atoms with Gasteiger partial charge in [-0.05, 0) is 30.3 Å². The Hall–Kier alpha value is -2.16. The lowest BCUT2D eigenvalue weighted by molar-refractivity contribution is 0.248. The van der Waals surface area contributed by atoms with E-state index in [1.807, 2.05) is 49.5 Å². The predicted molar refractivity (Wildman–Crippen MR) is 76.2 cm³/mol. The van der Waals surface area contributed by atoms with Crippen molar-refractivity contribution in [1.82, 2.24) is 0 Å². The van der Waals surface area contributed by atoms with Crippen LogP contribution in [0.1, 0.15) is 11.5 Å². The van der Waals surface area contributed by atoms with Crippen LogP contribution in [-0.4, -0.2) is 20.3 Å². The Balaban J connectivity index is 1.64. The number of para-hydroxylation sites is 1. The summed E-state index contributed by atoms with van der Waals surface area (Å²) in [5.74, 6) is 2.20. The van der Waals surface area contributed by atoms with Crippen molar-refractivity contribution in [3.63, 3.8) is 0 Å². The molecule has 1 atom stereocenters. The second-order valence-electron chi connectivity index (χ2n) is 4.63. The van der Waals surface area contributed by atoms with E-state index in [-0.39, 0.29) is 0 Å². The van der Waals surface area contributed by atoms with Gasteiger partial charge in [-0.3, -0.25) is 0 Å². The largest absolute Gasteiger partial charge is 0.493 e. The molecule has 1 aliphatic rings. The molecule has 3 rings (SSSR count). The van der Waals surface area contributed by atoms with Gasteiger partial charge in [-0.15, -0.1) is 0 Å². The van der Waals surface area contributed by atoms with Gasteiger partial charge in [0, 0.05) is 18.3 Å². The van der Waals surface area contributed by atoms with Crippen LogP contribution in [0.25, 0.3) is 0 Å². The number of hydrogen-bond donors (Lipinski definition) is 1. The van der Waals surface area contributed by atoms with E-state index >= 15 is 0 Å². The molecule has 0 bridgehead atoms. The fraction of sp³-hybridized carbons (Fsp3) is 0.250. The molecule has 0 saturated carbocycles. The van der Waals surface area contributed by atoms with Crippen molar-refractivity contribution in [3.05, 3.63) is 54.1 Å². The molecule has 0 aromatic heterocycles. The summed E-state index contributed by atoms with van der Waals surface area (Å²) in [4.78, 5) is 0. The van der Waals surface area contributed by atoms with E-state index in [9.17, 15) is 0 Å². The molecule has 0 spiro atoms. The van der Waals surface area contributed by atoms with Crippen LogP contribution in [-0.2, 0) is 0 Å². The van der Waals surface area contributed by atoms with Gasteiger partial charge in [0.25, 0.3) is 0 Å². The minimum Gasteiger partial charge on any atom is -0.493 e. The number of hydrogen-bond acceptors (Lipinski definition) is 3. The molecule has 98 valence electrons. The standard InChI is InChI=1S/C16H17NO2/c1-17-13-6-8-14(9-7-13)18-10-12-11-19-16-5-3-2-4-15(12)16/h2-9,12,17H,10-11H2,1H3. The predicted octanol–water partition coefficient (Wildman–Crippen LogP) is 3.28. The van der Waals surface area contributed by atoms with Crippen LogP contribution in [0, 0.1) is 0 Å². The lowest BCUT2D eigenvalue weighted by Gasteiger charge is -2.11. The molecular weight excluding hydrogens is 238 g/mol. The second kappa shape index (κ2) is 5.22. The zero-order valence-corrected chi connectivity index (χ0v) is 10.9. The van der Waals surface area contributed by atoms with E-state index in [1.54, 1.807) is 0 Å². The summed E-state index contributed by atoms with van der Waals surface area (Å²) in [6.07, 6.45) is 0. The lowest BCUT2D eigenvalue weighted by atomic mass is 10.0. The Kier molecular flexibility index (Phi) is 3.27. The summed E-state index contributed by atoms with van der Waals surface area (Å²) in [5.41, 5.74) is 2.33. The minimum absolute atomic E-state index is 0.320. The zero-order valence-electron chi connectivity index (χ0n) is 10.9. The summed E-state index contributed by atoms with van der Waals surface area (Å²) in [5, 5.41) is 3.09. The highest BCUT2D eigenvalue weighted by Gasteiger charge is 2.23. The lowest BCUT2D eigenvalue weighted by Crippen LogP contribution is -2.11. The van der Waals surface area contributed by atoms with Crippen molar-refractivity contribution in [3.8, 4) is 11.5 Å². The maximum absolute atomic E-state index is 5.84. The molecule has 1 heterocycles. The third kappa shape index (κ3) is 2.50. The van der Waals surface area contributed by atoms with E-state index in [0.29, 0.717) is 19.1 Å². The van der Waals surface area contributed by atoms with Crippen LogP contribution < -0.4 is 14.8 Å². The zero-order chi connectivity index (χ0) is 13.1. The maximum Gasteiger partial charge on any atom is 0.123 e. The number of ether oxygens (including phenoxy) is 2. The third-order valence-electron chi connectivity index (χ3n) is 3.39. The van der Waals surface area contributed by atoms with Crippen molar-refractivity contribution >= 4 is 5.69 Å². The average molecular weight is 255 g/mol. The van der Waals surface area contributed by atoms with Crippen LogP contribution in [0.3, 0.4) is 0 Å². The molecule has 0 amide bonds. The molecule has 1 N–H and O–H groups in total. The quantitative estimate of drug-likeness (QED) is 0.909.